The molecular weight excluding hydrogens is 160 g/mol. The van der Waals surface area contributed by atoms with Crippen molar-refractivity contribution >= 4 is 0 Å². The molecule has 2 atom stereocenters. The van der Waals surface area contributed by atoms with E-state index in [0.29, 0.717) is 5.92 Å². The van der Waals surface area contributed by atoms with Crippen LogP contribution in [0.25, 0.3) is 0 Å². The molecule has 0 bridgehead atoms. The maximum atomic E-state index is 9.27. The Morgan fingerprint density at radius 3 is 2.38 bits per heavy atom. The molecule has 13 heavy (non-hydrogen) atoms. The van der Waals surface area contributed by atoms with Gasteiger partial charge in [0.1, 0.15) is 0 Å². The minimum Gasteiger partial charge on any atom is -0.306 e. The van der Waals surface area contributed by atoms with Crippen LogP contribution >= 0.6 is 0 Å². The van der Waals surface area contributed by atoms with E-state index < -0.39 is 0 Å². The molecule has 1 heterocycles. The predicted molar refractivity (Wildman–Crippen MR) is 52.0 cm³/mol. The van der Waals surface area contributed by atoms with Gasteiger partial charge in [0.25, 0.3) is 0 Å². The van der Waals surface area contributed by atoms with Gasteiger partial charge >= 0.3 is 0 Å². The van der Waals surface area contributed by atoms with Gasteiger partial charge in [0.15, 0.2) is 0 Å². The fourth-order valence-electron chi connectivity index (χ4n) is 2.97. The molecule has 1 aliphatic heterocycles. The van der Waals surface area contributed by atoms with Crippen molar-refractivity contribution < 1.29 is 0 Å². The van der Waals surface area contributed by atoms with Crippen LogP contribution in [0.15, 0.2) is 0 Å². The Labute approximate surface area is 80.5 Å². The van der Waals surface area contributed by atoms with Crippen molar-refractivity contribution in [3.8, 4) is 6.07 Å². The smallest absolute Gasteiger partial charge is 0.0699 e. The van der Waals surface area contributed by atoms with E-state index in [-0.39, 0.29) is 10.8 Å². The number of nitriles is 1. The van der Waals surface area contributed by atoms with Crippen LogP contribution in [-0.2, 0) is 0 Å². The second-order valence-electron chi connectivity index (χ2n) is 5.39. The molecule has 2 unspecified atom stereocenters. The summed E-state index contributed by atoms with van der Waals surface area (Å²) in [4.78, 5) is 2.35. The van der Waals surface area contributed by atoms with Gasteiger partial charge in [0.05, 0.1) is 11.5 Å². The summed E-state index contributed by atoms with van der Waals surface area (Å²) in [5.74, 6) is 0.623. The Bertz CT molecular complexity index is 264. The largest absolute Gasteiger partial charge is 0.306 e. The molecule has 1 saturated carbocycles. The molecule has 72 valence electrons. The molecule has 2 heteroatoms. The minimum absolute atomic E-state index is 0.0117. The van der Waals surface area contributed by atoms with E-state index in [4.69, 9.17) is 0 Å². The maximum absolute atomic E-state index is 9.27. The number of hydrogen-bond donors (Lipinski definition) is 0. The van der Waals surface area contributed by atoms with Crippen LogP contribution in [-0.4, -0.2) is 25.0 Å². The lowest BCUT2D eigenvalue weighted by atomic mass is 9.83. The summed E-state index contributed by atoms with van der Waals surface area (Å²) in [6.07, 6.45) is 2.32. The molecular formula is C11H18N2. The first kappa shape index (κ1) is 9.02. The Kier molecular flexibility index (Phi) is 1.72. The van der Waals surface area contributed by atoms with E-state index in [1.165, 1.54) is 13.0 Å². The van der Waals surface area contributed by atoms with Gasteiger partial charge < -0.3 is 4.90 Å². The quantitative estimate of drug-likeness (QED) is 0.613. The van der Waals surface area contributed by atoms with E-state index in [0.717, 1.165) is 13.0 Å². The molecule has 0 spiro atoms. The van der Waals surface area contributed by atoms with Gasteiger partial charge in [-0.05, 0) is 37.8 Å². The van der Waals surface area contributed by atoms with Crippen molar-refractivity contribution in [2.24, 2.45) is 16.7 Å². The van der Waals surface area contributed by atoms with Crippen LogP contribution < -0.4 is 0 Å². The van der Waals surface area contributed by atoms with Crippen LogP contribution in [0.3, 0.4) is 0 Å². The lowest BCUT2D eigenvalue weighted by Gasteiger charge is -2.19. The molecule has 0 aromatic carbocycles. The van der Waals surface area contributed by atoms with Crippen molar-refractivity contribution in [3.05, 3.63) is 0 Å². The van der Waals surface area contributed by atoms with Gasteiger partial charge in [0.2, 0.25) is 0 Å². The van der Waals surface area contributed by atoms with Gasteiger partial charge in [0, 0.05) is 6.54 Å². The molecule has 0 N–H and O–H groups in total. The summed E-state index contributed by atoms with van der Waals surface area (Å²) < 4.78 is 0. The van der Waals surface area contributed by atoms with Crippen LogP contribution in [0.4, 0.5) is 0 Å². The van der Waals surface area contributed by atoms with Crippen LogP contribution in [0.1, 0.15) is 26.7 Å². The van der Waals surface area contributed by atoms with Crippen LogP contribution in [0, 0.1) is 28.1 Å². The molecule has 0 amide bonds. The first-order chi connectivity index (χ1) is 6.02. The zero-order valence-corrected chi connectivity index (χ0v) is 8.80. The van der Waals surface area contributed by atoms with E-state index in [2.05, 4.69) is 31.9 Å². The molecule has 1 aliphatic carbocycles. The van der Waals surface area contributed by atoms with Gasteiger partial charge in [-0.3, -0.25) is 0 Å². The van der Waals surface area contributed by atoms with E-state index >= 15 is 0 Å². The van der Waals surface area contributed by atoms with Gasteiger partial charge in [-0.15, -0.1) is 0 Å². The standard InChI is InChI=1S/C11H18N2/c1-10(2)7-11(10,8-12)9-4-5-13(3)6-9/h9H,4-7H2,1-3H3. The van der Waals surface area contributed by atoms with Crippen molar-refractivity contribution in [2.75, 3.05) is 20.1 Å². The maximum Gasteiger partial charge on any atom is 0.0699 e. The Morgan fingerprint density at radius 1 is 1.46 bits per heavy atom. The first-order valence-electron chi connectivity index (χ1n) is 5.12. The highest BCUT2D eigenvalue weighted by molar-refractivity contribution is 5.24. The third-order valence-corrected chi connectivity index (χ3v) is 4.09. The lowest BCUT2D eigenvalue weighted by molar-refractivity contribution is 0.305. The average Bonchev–Trinajstić information content (AvgIpc) is 2.43. The number of rotatable bonds is 1. The predicted octanol–water partition coefficient (Wildman–Crippen LogP) is 1.88. The number of likely N-dealkylation sites (tertiary alicyclic amines) is 1. The lowest BCUT2D eigenvalue weighted by Crippen LogP contribution is -2.23. The zero-order valence-electron chi connectivity index (χ0n) is 8.80. The van der Waals surface area contributed by atoms with E-state index in [9.17, 15) is 5.26 Å². The summed E-state index contributed by atoms with van der Waals surface area (Å²) in [5, 5.41) is 9.27. The minimum atomic E-state index is 0.0117. The summed E-state index contributed by atoms with van der Waals surface area (Å²) in [5.41, 5.74) is 0.287. The van der Waals surface area contributed by atoms with E-state index in [1.807, 2.05) is 0 Å². The highest BCUT2D eigenvalue weighted by Crippen LogP contribution is 2.68. The molecule has 2 nitrogen and oxygen atoms in total. The molecule has 1 saturated heterocycles. The van der Waals surface area contributed by atoms with Crippen molar-refractivity contribution in [3.63, 3.8) is 0 Å². The zero-order chi connectivity index (χ0) is 9.69. The second-order valence-corrected chi connectivity index (χ2v) is 5.39. The third kappa shape index (κ3) is 1.10. The Morgan fingerprint density at radius 2 is 2.08 bits per heavy atom. The highest BCUT2D eigenvalue weighted by atomic mass is 15.1. The Balaban J connectivity index is 2.14. The highest BCUT2D eigenvalue weighted by Gasteiger charge is 2.66. The summed E-state index contributed by atoms with van der Waals surface area (Å²) in [6, 6.07) is 2.58. The molecule has 2 rings (SSSR count). The molecule has 0 aromatic rings. The van der Waals surface area contributed by atoms with Crippen LogP contribution in [0.5, 0.6) is 0 Å². The summed E-state index contributed by atoms with van der Waals surface area (Å²) >= 11 is 0. The van der Waals surface area contributed by atoms with E-state index in [1.54, 1.807) is 0 Å². The van der Waals surface area contributed by atoms with Crippen molar-refractivity contribution in [1.29, 1.82) is 5.26 Å². The summed E-state index contributed by atoms with van der Waals surface area (Å²) in [7, 11) is 2.15. The fourth-order valence-corrected chi connectivity index (χ4v) is 2.97. The molecule has 2 fully saturated rings. The fraction of sp³-hybridized carbons (Fsp3) is 0.909. The normalized spacial score (nSPS) is 43.1. The first-order valence-corrected chi connectivity index (χ1v) is 5.12. The van der Waals surface area contributed by atoms with Gasteiger partial charge in [-0.1, -0.05) is 13.8 Å². The molecule has 2 aliphatic rings. The van der Waals surface area contributed by atoms with Gasteiger partial charge in [-0.25, -0.2) is 0 Å². The topological polar surface area (TPSA) is 27.0 Å². The molecule has 0 aromatic heterocycles. The Hall–Kier alpha value is -0.550. The van der Waals surface area contributed by atoms with Crippen molar-refractivity contribution in [1.82, 2.24) is 4.90 Å². The second kappa shape index (κ2) is 2.48. The van der Waals surface area contributed by atoms with Crippen molar-refractivity contribution in [2.45, 2.75) is 26.7 Å². The molecule has 0 radical (unpaired) electrons. The average molecular weight is 178 g/mol. The number of hydrogen-bond acceptors (Lipinski definition) is 2. The van der Waals surface area contributed by atoms with Crippen LogP contribution in [0.2, 0.25) is 0 Å². The van der Waals surface area contributed by atoms with Gasteiger partial charge in [-0.2, -0.15) is 5.26 Å². The number of nitrogens with zero attached hydrogens (tertiary/aromatic N) is 2. The SMILES string of the molecule is CN1CCC(C2(C#N)CC2(C)C)C1. The monoisotopic (exact) mass is 178 g/mol. The third-order valence-electron chi connectivity index (χ3n) is 4.09. The summed E-state index contributed by atoms with van der Waals surface area (Å²) in [6.45, 7) is 6.75.